The molecule has 0 saturated carbocycles. The maximum atomic E-state index is 12.8. The second-order valence-corrected chi connectivity index (χ2v) is 3.94. The minimum Gasteiger partial charge on any atom is -0.430 e. The molecule has 0 aliphatic rings. The van der Waals surface area contributed by atoms with Gasteiger partial charge in [0.25, 0.3) is 6.17 Å². The molecule has 0 fully saturated rings. The van der Waals surface area contributed by atoms with Crippen LogP contribution in [0.25, 0.3) is 0 Å². The molecule has 0 heterocycles. The Morgan fingerprint density at radius 3 is 1.88 bits per heavy atom. The lowest BCUT2D eigenvalue weighted by molar-refractivity contribution is -0.304. The van der Waals surface area contributed by atoms with Crippen LogP contribution < -0.4 is 4.74 Å². The summed E-state index contributed by atoms with van der Waals surface area (Å²) in [7, 11) is 0. The average molecular weight is 323 g/mol. The normalized spacial score (nSPS) is 14.5. The zero-order valence-electron chi connectivity index (χ0n) is 7.94. The predicted octanol–water partition coefficient (Wildman–Crippen LogP) is 4.32. The van der Waals surface area contributed by atoms with E-state index in [1.165, 1.54) is 12.1 Å². The summed E-state index contributed by atoms with van der Waals surface area (Å²) >= 11 is 2.99. The van der Waals surface area contributed by atoms with Gasteiger partial charge in [0.1, 0.15) is 5.75 Å². The first-order chi connectivity index (χ1) is 7.63. The minimum absolute atomic E-state index is 0.515. The van der Waals surface area contributed by atoms with Crippen molar-refractivity contribution in [3.63, 3.8) is 0 Å². The molecule has 0 unspecified atom stereocenters. The number of halogens is 7. The molecule has 0 aliphatic heterocycles. The molecular formula is C9H5BrF6O. The van der Waals surface area contributed by atoms with E-state index < -0.39 is 24.2 Å². The number of hydrogen-bond donors (Lipinski definition) is 0. The molecule has 0 radical (unpaired) electrons. The van der Waals surface area contributed by atoms with Crippen LogP contribution in [-0.2, 0) is 0 Å². The van der Waals surface area contributed by atoms with Gasteiger partial charge in [-0.3, -0.25) is 0 Å². The van der Waals surface area contributed by atoms with Crippen molar-refractivity contribution in [2.45, 2.75) is 18.5 Å². The summed E-state index contributed by atoms with van der Waals surface area (Å²) in [5, 5.41) is 0. The van der Waals surface area contributed by atoms with Gasteiger partial charge in [0.15, 0.2) is 0 Å². The molecule has 0 amide bonds. The van der Waals surface area contributed by atoms with E-state index in [1.807, 2.05) is 0 Å². The summed E-state index contributed by atoms with van der Waals surface area (Å²) in [5.41, 5.74) is 0. The van der Waals surface area contributed by atoms with Gasteiger partial charge >= 0.3 is 12.3 Å². The standard InChI is InChI=1S/C9H5BrF6O/c10-5-1-3-6(4-2-5)17-9(15,16)7(11)8(12,13)14/h1-4,7H/t7-/m1/s1. The van der Waals surface area contributed by atoms with Gasteiger partial charge in [0.2, 0.25) is 0 Å². The Labute approximate surface area is 101 Å². The molecule has 96 valence electrons. The van der Waals surface area contributed by atoms with Crippen molar-refractivity contribution in [2.24, 2.45) is 0 Å². The van der Waals surface area contributed by atoms with Gasteiger partial charge in [0.05, 0.1) is 0 Å². The van der Waals surface area contributed by atoms with Crippen molar-refractivity contribution < 1.29 is 31.1 Å². The molecule has 1 rings (SSSR count). The first-order valence-electron chi connectivity index (χ1n) is 4.16. The van der Waals surface area contributed by atoms with E-state index in [4.69, 9.17) is 0 Å². The summed E-state index contributed by atoms with van der Waals surface area (Å²) in [5.74, 6) is -0.565. The van der Waals surface area contributed by atoms with E-state index in [0.29, 0.717) is 4.47 Å². The highest BCUT2D eigenvalue weighted by Crippen LogP contribution is 2.36. The number of benzene rings is 1. The van der Waals surface area contributed by atoms with E-state index in [2.05, 4.69) is 20.7 Å². The molecule has 0 spiro atoms. The van der Waals surface area contributed by atoms with Gasteiger partial charge in [-0.05, 0) is 24.3 Å². The number of rotatable bonds is 3. The minimum atomic E-state index is -5.68. The van der Waals surface area contributed by atoms with E-state index >= 15 is 0 Å². The van der Waals surface area contributed by atoms with Gasteiger partial charge in [-0.1, -0.05) is 15.9 Å². The summed E-state index contributed by atoms with van der Waals surface area (Å²) in [6.45, 7) is 0. The molecule has 0 aliphatic carbocycles. The molecular weight excluding hydrogens is 318 g/mol. The molecule has 0 saturated heterocycles. The Morgan fingerprint density at radius 1 is 1.00 bits per heavy atom. The molecule has 8 heteroatoms. The van der Waals surface area contributed by atoms with Gasteiger partial charge in [0, 0.05) is 4.47 Å². The third kappa shape index (κ3) is 3.79. The van der Waals surface area contributed by atoms with Gasteiger partial charge in [-0.2, -0.15) is 22.0 Å². The van der Waals surface area contributed by atoms with Crippen LogP contribution in [-0.4, -0.2) is 18.5 Å². The summed E-state index contributed by atoms with van der Waals surface area (Å²) in [4.78, 5) is 0. The fourth-order valence-corrected chi connectivity index (χ4v) is 1.17. The van der Waals surface area contributed by atoms with E-state index in [1.54, 1.807) is 0 Å². The number of hydrogen-bond acceptors (Lipinski definition) is 1. The Balaban J connectivity index is 2.82. The second-order valence-electron chi connectivity index (χ2n) is 3.02. The van der Waals surface area contributed by atoms with Crippen molar-refractivity contribution in [1.29, 1.82) is 0 Å². The predicted molar refractivity (Wildman–Crippen MR) is 50.7 cm³/mol. The largest absolute Gasteiger partial charge is 0.439 e. The van der Waals surface area contributed by atoms with Crippen LogP contribution in [0.2, 0.25) is 0 Å². The topological polar surface area (TPSA) is 9.23 Å². The monoisotopic (exact) mass is 322 g/mol. The Morgan fingerprint density at radius 2 is 1.47 bits per heavy atom. The van der Waals surface area contributed by atoms with Crippen molar-refractivity contribution >= 4 is 15.9 Å². The molecule has 1 nitrogen and oxygen atoms in total. The smallest absolute Gasteiger partial charge is 0.430 e. The lowest BCUT2D eigenvalue weighted by Gasteiger charge is -2.22. The van der Waals surface area contributed by atoms with E-state index in [-0.39, 0.29) is 0 Å². The van der Waals surface area contributed by atoms with Crippen molar-refractivity contribution in [3.05, 3.63) is 28.7 Å². The maximum Gasteiger partial charge on any atom is 0.439 e. The second kappa shape index (κ2) is 4.75. The molecule has 0 bridgehead atoms. The fourth-order valence-electron chi connectivity index (χ4n) is 0.902. The van der Waals surface area contributed by atoms with Crippen LogP contribution in [0.3, 0.4) is 0 Å². The van der Waals surface area contributed by atoms with E-state index in [0.717, 1.165) is 12.1 Å². The maximum absolute atomic E-state index is 12.8. The van der Waals surface area contributed by atoms with Gasteiger partial charge < -0.3 is 4.74 Å². The molecule has 1 aromatic carbocycles. The highest BCUT2D eigenvalue weighted by atomic mass is 79.9. The van der Waals surface area contributed by atoms with Crippen molar-refractivity contribution in [1.82, 2.24) is 0 Å². The third-order valence-corrected chi connectivity index (χ3v) is 2.18. The number of ether oxygens (including phenoxy) is 1. The SMILES string of the molecule is F[C@H](C(F)(F)F)C(F)(F)Oc1ccc(Br)cc1. The van der Waals surface area contributed by atoms with E-state index in [9.17, 15) is 26.3 Å². The number of alkyl halides is 6. The molecule has 1 aromatic rings. The third-order valence-electron chi connectivity index (χ3n) is 1.65. The average Bonchev–Trinajstić information content (AvgIpc) is 2.19. The summed E-state index contributed by atoms with van der Waals surface area (Å²) < 4.78 is 77.5. The summed E-state index contributed by atoms with van der Waals surface area (Å²) in [6, 6.07) is 4.51. The highest BCUT2D eigenvalue weighted by Gasteiger charge is 2.59. The van der Waals surface area contributed by atoms with Gasteiger partial charge in [-0.25, -0.2) is 4.39 Å². The Kier molecular flexibility index (Phi) is 3.95. The molecule has 17 heavy (non-hydrogen) atoms. The first kappa shape index (κ1) is 14.1. The quantitative estimate of drug-likeness (QED) is 0.753. The molecule has 0 aromatic heterocycles. The first-order valence-corrected chi connectivity index (χ1v) is 4.95. The molecule has 1 atom stereocenters. The van der Waals surface area contributed by atoms with Crippen LogP contribution in [0, 0.1) is 0 Å². The molecule has 0 N–H and O–H groups in total. The Bertz CT molecular complexity index is 374. The van der Waals surface area contributed by atoms with Crippen molar-refractivity contribution in [3.8, 4) is 5.75 Å². The van der Waals surface area contributed by atoms with Gasteiger partial charge in [-0.15, -0.1) is 0 Å². The highest BCUT2D eigenvalue weighted by molar-refractivity contribution is 9.10. The Hall–Kier alpha value is -0.920. The van der Waals surface area contributed by atoms with Crippen LogP contribution in [0.5, 0.6) is 5.75 Å². The van der Waals surface area contributed by atoms with Crippen LogP contribution >= 0.6 is 15.9 Å². The lowest BCUT2D eigenvalue weighted by atomic mass is 10.3. The zero-order chi connectivity index (χ0) is 13.3. The van der Waals surface area contributed by atoms with Crippen molar-refractivity contribution in [2.75, 3.05) is 0 Å². The van der Waals surface area contributed by atoms with Crippen LogP contribution in [0.4, 0.5) is 26.3 Å². The fraction of sp³-hybridized carbons (Fsp3) is 0.333. The zero-order valence-corrected chi connectivity index (χ0v) is 9.53. The lowest BCUT2D eigenvalue weighted by Crippen LogP contribution is -2.45. The van der Waals surface area contributed by atoms with Crippen LogP contribution in [0.1, 0.15) is 0 Å². The van der Waals surface area contributed by atoms with Crippen LogP contribution in [0.15, 0.2) is 28.7 Å². The summed E-state index contributed by atoms with van der Waals surface area (Å²) in [6.07, 6.45) is -15.0.